The van der Waals surface area contributed by atoms with Gasteiger partial charge in [0.15, 0.2) is 6.10 Å². The molecule has 1 atom stereocenters. The maximum atomic E-state index is 12.1. The Kier molecular flexibility index (Phi) is 5.08. The van der Waals surface area contributed by atoms with Gasteiger partial charge in [-0.25, -0.2) is 0 Å². The normalized spacial score (nSPS) is 17.3. The molecule has 0 amide bonds. The summed E-state index contributed by atoms with van der Waals surface area (Å²) >= 11 is 0. The van der Waals surface area contributed by atoms with Crippen LogP contribution in [0.25, 0.3) is 0 Å². The molecule has 1 aliphatic rings. The van der Waals surface area contributed by atoms with Crippen LogP contribution in [-0.4, -0.2) is 17.9 Å². The Balaban J connectivity index is 0.000000771. The minimum absolute atomic E-state index is 0.0606. The highest BCUT2D eigenvalue weighted by atomic mass is 16.5. The monoisotopic (exact) mass is 248 g/mol. The van der Waals surface area contributed by atoms with Gasteiger partial charge in [-0.3, -0.25) is 9.59 Å². The molecule has 3 heteroatoms. The lowest BCUT2D eigenvalue weighted by Gasteiger charge is -2.24. The van der Waals surface area contributed by atoms with E-state index in [9.17, 15) is 9.59 Å². The predicted molar refractivity (Wildman–Crippen MR) is 70.7 cm³/mol. The molecule has 0 heterocycles. The summed E-state index contributed by atoms with van der Waals surface area (Å²) in [6, 6.07) is 5.82. The Bertz CT molecular complexity index is 449. The molecule has 1 aromatic rings. The molecule has 0 saturated carbocycles. The fraction of sp³-hybridized carbons (Fsp3) is 0.467. The minimum Gasteiger partial charge on any atom is -0.454 e. The van der Waals surface area contributed by atoms with Gasteiger partial charge in [-0.15, -0.1) is 0 Å². The number of fused-ring (bicyclic) bond motifs is 1. The molecular formula is C15H20O3. The smallest absolute Gasteiger partial charge is 0.303 e. The number of hydrogen-bond acceptors (Lipinski definition) is 3. The first-order valence-electron chi connectivity index (χ1n) is 6.39. The van der Waals surface area contributed by atoms with Crippen molar-refractivity contribution in [2.45, 2.75) is 46.6 Å². The van der Waals surface area contributed by atoms with Crippen LogP contribution >= 0.6 is 0 Å². The summed E-state index contributed by atoms with van der Waals surface area (Å²) in [5.74, 6) is -0.454. The quantitative estimate of drug-likeness (QED) is 0.717. The summed E-state index contributed by atoms with van der Waals surface area (Å²) in [5.41, 5.74) is 2.76. The Hall–Kier alpha value is -1.64. The number of Topliss-reactive ketones (excluding diaryl/α,β-unsaturated/α-hetero) is 1. The fourth-order valence-corrected chi connectivity index (χ4v) is 2.18. The van der Waals surface area contributed by atoms with Crippen molar-refractivity contribution in [1.82, 2.24) is 0 Å². The van der Waals surface area contributed by atoms with E-state index in [0.29, 0.717) is 6.42 Å². The van der Waals surface area contributed by atoms with Crippen LogP contribution in [-0.2, 0) is 16.0 Å². The molecule has 0 spiro atoms. The van der Waals surface area contributed by atoms with E-state index in [-0.39, 0.29) is 5.78 Å². The van der Waals surface area contributed by atoms with Gasteiger partial charge in [-0.2, -0.15) is 0 Å². The van der Waals surface area contributed by atoms with Crippen molar-refractivity contribution in [1.29, 1.82) is 0 Å². The van der Waals surface area contributed by atoms with Crippen LogP contribution in [0.3, 0.4) is 0 Å². The van der Waals surface area contributed by atoms with Gasteiger partial charge in [0.05, 0.1) is 0 Å². The van der Waals surface area contributed by atoms with E-state index in [1.807, 2.05) is 39.0 Å². The minimum atomic E-state index is -0.592. The van der Waals surface area contributed by atoms with Gasteiger partial charge >= 0.3 is 5.97 Å². The first kappa shape index (κ1) is 14.4. The molecule has 3 nitrogen and oxygen atoms in total. The number of hydrogen-bond donors (Lipinski definition) is 0. The molecule has 0 fully saturated rings. The molecule has 0 aliphatic heterocycles. The molecule has 98 valence electrons. The summed E-state index contributed by atoms with van der Waals surface area (Å²) in [4.78, 5) is 23.0. The standard InChI is InChI=1S/C13H14O3.C2H6/c1-8-4-3-5-10-6-7-11(16-9(2)14)13(15)12(8)10;1-2/h3-5,11H,6-7H2,1-2H3;1-2H3. The summed E-state index contributed by atoms with van der Waals surface area (Å²) < 4.78 is 5.03. The largest absolute Gasteiger partial charge is 0.454 e. The molecule has 18 heavy (non-hydrogen) atoms. The van der Waals surface area contributed by atoms with E-state index in [1.54, 1.807) is 0 Å². The second-order valence-corrected chi connectivity index (χ2v) is 4.11. The van der Waals surface area contributed by atoms with Gasteiger partial charge in [0, 0.05) is 12.5 Å². The average molecular weight is 248 g/mol. The average Bonchev–Trinajstić information content (AvgIpc) is 2.35. The predicted octanol–water partition coefficient (Wildman–Crippen LogP) is 3.08. The number of ether oxygens (including phenoxy) is 1. The molecule has 2 rings (SSSR count). The highest BCUT2D eigenvalue weighted by Crippen LogP contribution is 2.25. The van der Waals surface area contributed by atoms with Crippen molar-refractivity contribution >= 4 is 11.8 Å². The van der Waals surface area contributed by atoms with Gasteiger partial charge < -0.3 is 4.74 Å². The number of esters is 1. The van der Waals surface area contributed by atoms with Crippen molar-refractivity contribution in [3.05, 3.63) is 34.9 Å². The van der Waals surface area contributed by atoms with Crippen molar-refractivity contribution < 1.29 is 14.3 Å². The first-order valence-corrected chi connectivity index (χ1v) is 6.39. The molecule has 1 unspecified atom stereocenters. The van der Waals surface area contributed by atoms with Crippen LogP contribution in [0.15, 0.2) is 18.2 Å². The SMILES string of the molecule is CC.CC(=O)OC1CCc2cccc(C)c2C1=O. The number of carbonyl (C=O) groups excluding carboxylic acids is 2. The zero-order valence-corrected chi connectivity index (χ0v) is 11.4. The number of ketones is 1. The molecule has 0 aromatic heterocycles. The molecule has 1 aromatic carbocycles. The van der Waals surface area contributed by atoms with Gasteiger partial charge in [-0.05, 0) is 30.9 Å². The Morgan fingerprint density at radius 3 is 2.61 bits per heavy atom. The van der Waals surface area contributed by atoms with Crippen LogP contribution in [0.5, 0.6) is 0 Å². The third-order valence-electron chi connectivity index (χ3n) is 2.88. The topological polar surface area (TPSA) is 43.4 Å². The second kappa shape index (κ2) is 6.34. The van der Waals surface area contributed by atoms with Gasteiger partial charge in [0.1, 0.15) is 0 Å². The van der Waals surface area contributed by atoms with Crippen LogP contribution in [0.4, 0.5) is 0 Å². The molecular weight excluding hydrogens is 228 g/mol. The second-order valence-electron chi connectivity index (χ2n) is 4.11. The number of benzene rings is 1. The number of rotatable bonds is 1. The van der Waals surface area contributed by atoms with Gasteiger partial charge in [0.2, 0.25) is 5.78 Å². The fourth-order valence-electron chi connectivity index (χ4n) is 2.18. The Morgan fingerprint density at radius 2 is 2.00 bits per heavy atom. The number of aryl methyl sites for hydroxylation is 2. The van der Waals surface area contributed by atoms with Gasteiger partial charge in [0.25, 0.3) is 0 Å². The van der Waals surface area contributed by atoms with Gasteiger partial charge in [-0.1, -0.05) is 32.0 Å². The Labute approximate surface area is 108 Å². The van der Waals surface area contributed by atoms with Crippen LogP contribution in [0, 0.1) is 6.92 Å². The van der Waals surface area contributed by atoms with Crippen LogP contribution < -0.4 is 0 Å². The van der Waals surface area contributed by atoms with E-state index in [2.05, 4.69) is 0 Å². The van der Waals surface area contributed by atoms with E-state index < -0.39 is 12.1 Å². The third-order valence-corrected chi connectivity index (χ3v) is 2.88. The maximum Gasteiger partial charge on any atom is 0.303 e. The summed E-state index contributed by atoms with van der Waals surface area (Å²) in [6.07, 6.45) is 0.793. The van der Waals surface area contributed by atoms with Crippen LogP contribution in [0.2, 0.25) is 0 Å². The molecule has 0 bridgehead atoms. The lowest BCUT2D eigenvalue weighted by molar-refractivity contribution is -0.144. The van der Waals surface area contributed by atoms with Crippen molar-refractivity contribution in [3.63, 3.8) is 0 Å². The zero-order chi connectivity index (χ0) is 13.7. The summed E-state index contributed by atoms with van der Waals surface area (Å²) in [5, 5.41) is 0. The lowest BCUT2D eigenvalue weighted by Crippen LogP contribution is -2.32. The Morgan fingerprint density at radius 1 is 1.33 bits per heavy atom. The lowest BCUT2D eigenvalue weighted by atomic mass is 9.86. The highest BCUT2D eigenvalue weighted by Gasteiger charge is 2.30. The third kappa shape index (κ3) is 2.97. The van der Waals surface area contributed by atoms with E-state index in [4.69, 9.17) is 4.74 Å². The van der Waals surface area contributed by atoms with E-state index in [1.165, 1.54) is 6.92 Å². The van der Waals surface area contributed by atoms with Crippen molar-refractivity contribution in [2.75, 3.05) is 0 Å². The summed E-state index contributed by atoms with van der Waals surface area (Å²) in [6.45, 7) is 7.24. The van der Waals surface area contributed by atoms with E-state index >= 15 is 0 Å². The van der Waals surface area contributed by atoms with Crippen molar-refractivity contribution in [2.24, 2.45) is 0 Å². The van der Waals surface area contributed by atoms with Crippen LogP contribution in [0.1, 0.15) is 48.7 Å². The molecule has 0 radical (unpaired) electrons. The summed E-state index contributed by atoms with van der Waals surface area (Å²) in [7, 11) is 0. The zero-order valence-electron chi connectivity index (χ0n) is 11.4. The first-order chi connectivity index (χ1) is 8.59. The maximum absolute atomic E-state index is 12.1. The highest BCUT2D eigenvalue weighted by molar-refractivity contribution is 6.03. The molecule has 0 N–H and O–H groups in total. The molecule has 0 saturated heterocycles. The van der Waals surface area contributed by atoms with E-state index in [0.717, 1.165) is 23.1 Å². The molecule has 1 aliphatic carbocycles. The number of carbonyl (C=O) groups is 2. The van der Waals surface area contributed by atoms with Crippen molar-refractivity contribution in [3.8, 4) is 0 Å².